The average Bonchev–Trinajstić information content (AvgIpc) is 2.27. The zero-order chi connectivity index (χ0) is 12.4. The van der Waals surface area contributed by atoms with Crippen LogP contribution in [-0.2, 0) is 11.2 Å². The second-order valence-corrected chi connectivity index (χ2v) is 4.57. The third-order valence-corrected chi connectivity index (χ3v) is 3.24. The topological polar surface area (TPSA) is 69.6 Å². The lowest BCUT2D eigenvalue weighted by molar-refractivity contribution is -0.136. The van der Waals surface area contributed by atoms with E-state index in [2.05, 4.69) is 11.4 Å². The Balaban J connectivity index is 2.12. The van der Waals surface area contributed by atoms with Gasteiger partial charge in [-0.1, -0.05) is 23.8 Å². The van der Waals surface area contributed by atoms with Crippen LogP contribution in [0.3, 0.4) is 0 Å². The molecule has 3 N–H and O–H groups in total. The van der Waals surface area contributed by atoms with E-state index in [1.807, 2.05) is 19.1 Å². The summed E-state index contributed by atoms with van der Waals surface area (Å²) in [5.74, 6) is -0.896. The maximum atomic E-state index is 10.5. The minimum Gasteiger partial charge on any atom is -0.480 e. The third kappa shape index (κ3) is 2.65. The summed E-state index contributed by atoms with van der Waals surface area (Å²) in [6.45, 7) is 1.92. The number of aliphatic hydroxyl groups excluding tert-OH is 1. The number of carboxylic acid groups (broad SMARTS) is 1. The number of benzene rings is 1. The molecular formula is C13H17NO3. The Morgan fingerprint density at radius 3 is 3.00 bits per heavy atom. The summed E-state index contributed by atoms with van der Waals surface area (Å²) in [5.41, 5.74) is 3.28. The molecule has 1 aromatic rings. The average molecular weight is 235 g/mol. The number of carboxylic acids is 1. The fourth-order valence-electron chi connectivity index (χ4n) is 2.36. The van der Waals surface area contributed by atoms with E-state index in [1.54, 1.807) is 0 Å². The zero-order valence-corrected chi connectivity index (χ0v) is 9.81. The number of hydrogen-bond acceptors (Lipinski definition) is 3. The minimum atomic E-state index is -0.896. The maximum Gasteiger partial charge on any atom is 0.317 e. The monoisotopic (exact) mass is 235 g/mol. The molecule has 0 radical (unpaired) electrons. The molecule has 0 saturated carbocycles. The minimum absolute atomic E-state index is 0.108. The normalized spacial score (nSPS) is 23.2. The van der Waals surface area contributed by atoms with Crippen LogP contribution in [0.1, 0.15) is 29.2 Å². The summed E-state index contributed by atoms with van der Waals surface area (Å²) in [6, 6.07) is 5.83. The predicted octanol–water partition coefficient (Wildman–Crippen LogP) is 1.02. The lowest BCUT2D eigenvalue weighted by Gasteiger charge is -2.30. The van der Waals surface area contributed by atoms with E-state index >= 15 is 0 Å². The Bertz CT molecular complexity index is 431. The first-order valence-corrected chi connectivity index (χ1v) is 5.80. The number of nitrogens with one attached hydrogen (secondary N) is 1. The van der Waals surface area contributed by atoms with Gasteiger partial charge in [0.2, 0.25) is 0 Å². The van der Waals surface area contributed by atoms with E-state index in [0.29, 0.717) is 0 Å². The Morgan fingerprint density at radius 2 is 2.29 bits per heavy atom. The van der Waals surface area contributed by atoms with E-state index in [-0.39, 0.29) is 12.6 Å². The highest BCUT2D eigenvalue weighted by atomic mass is 16.4. The first-order chi connectivity index (χ1) is 8.08. The van der Waals surface area contributed by atoms with Crippen LogP contribution in [0.25, 0.3) is 0 Å². The van der Waals surface area contributed by atoms with Gasteiger partial charge in [-0.3, -0.25) is 4.79 Å². The summed E-state index contributed by atoms with van der Waals surface area (Å²) in [7, 11) is 0. The van der Waals surface area contributed by atoms with Crippen molar-refractivity contribution in [3.8, 4) is 0 Å². The van der Waals surface area contributed by atoms with Crippen LogP contribution in [0, 0.1) is 6.92 Å². The molecule has 2 unspecified atom stereocenters. The summed E-state index contributed by atoms with van der Waals surface area (Å²) in [6.07, 6.45) is 1.04. The molecule has 0 aromatic heterocycles. The molecule has 0 amide bonds. The van der Waals surface area contributed by atoms with Crippen LogP contribution in [0.5, 0.6) is 0 Å². The third-order valence-electron chi connectivity index (χ3n) is 3.24. The number of hydrogen-bond donors (Lipinski definition) is 3. The van der Waals surface area contributed by atoms with Gasteiger partial charge in [-0.2, -0.15) is 0 Å². The molecule has 0 aliphatic heterocycles. The first-order valence-electron chi connectivity index (χ1n) is 5.80. The van der Waals surface area contributed by atoms with Crippen LogP contribution in [0.15, 0.2) is 18.2 Å². The Hall–Kier alpha value is -1.39. The Labute approximate surface area is 100 Å². The predicted molar refractivity (Wildman–Crippen MR) is 63.9 cm³/mol. The molecular weight excluding hydrogens is 218 g/mol. The quantitative estimate of drug-likeness (QED) is 0.731. The number of aliphatic hydroxyl groups is 1. The van der Waals surface area contributed by atoms with Gasteiger partial charge in [0.1, 0.15) is 0 Å². The molecule has 92 valence electrons. The fraction of sp³-hybridized carbons (Fsp3) is 0.462. The van der Waals surface area contributed by atoms with Crippen molar-refractivity contribution in [3.63, 3.8) is 0 Å². The molecule has 1 aliphatic rings. The number of aliphatic carboxylic acids is 1. The van der Waals surface area contributed by atoms with Crippen molar-refractivity contribution in [1.82, 2.24) is 5.32 Å². The lowest BCUT2D eigenvalue weighted by atomic mass is 9.85. The van der Waals surface area contributed by atoms with Crippen LogP contribution in [0.2, 0.25) is 0 Å². The van der Waals surface area contributed by atoms with E-state index in [4.69, 9.17) is 5.11 Å². The number of rotatable bonds is 3. The van der Waals surface area contributed by atoms with Crippen molar-refractivity contribution in [2.75, 3.05) is 6.54 Å². The van der Waals surface area contributed by atoms with E-state index < -0.39 is 12.1 Å². The molecule has 0 saturated heterocycles. The molecule has 0 fully saturated rings. The van der Waals surface area contributed by atoms with Crippen LogP contribution in [-0.4, -0.2) is 28.8 Å². The summed E-state index contributed by atoms with van der Waals surface area (Å²) in [5, 5.41) is 21.7. The standard InChI is InChI=1S/C13H17NO3/c1-8-2-4-10-9(6-8)3-5-11(13(10)17)14-7-12(15)16/h2,4,6,11,13-14,17H,3,5,7H2,1H3,(H,15,16). The van der Waals surface area contributed by atoms with Gasteiger partial charge in [-0.25, -0.2) is 0 Å². The fourth-order valence-corrected chi connectivity index (χ4v) is 2.36. The molecule has 0 heterocycles. The zero-order valence-electron chi connectivity index (χ0n) is 9.81. The second-order valence-electron chi connectivity index (χ2n) is 4.57. The molecule has 17 heavy (non-hydrogen) atoms. The van der Waals surface area contributed by atoms with Crippen LogP contribution >= 0.6 is 0 Å². The van der Waals surface area contributed by atoms with Crippen molar-refractivity contribution in [3.05, 3.63) is 34.9 Å². The molecule has 1 aliphatic carbocycles. The molecule has 2 atom stereocenters. The van der Waals surface area contributed by atoms with Gasteiger partial charge in [-0.15, -0.1) is 0 Å². The van der Waals surface area contributed by atoms with Crippen molar-refractivity contribution >= 4 is 5.97 Å². The van der Waals surface area contributed by atoms with Gasteiger partial charge in [0.25, 0.3) is 0 Å². The Kier molecular flexibility index (Phi) is 3.45. The molecule has 2 rings (SSSR count). The molecule has 0 bridgehead atoms. The van der Waals surface area contributed by atoms with Crippen molar-refractivity contribution in [1.29, 1.82) is 0 Å². The number of carbonyl (C=O) groups is 1. The second kappa shape index (κ2) is 4.85. The van der Waals surface area contributed by atoms with Crippen LogP contribution in [0.4, 0.5) is 0 Å². The highest BCUT2D eigenvalue weighted by Gasteiger charge is 2.27. The van der Waals surface area contributed by atoms with E-state index in [1.165, 1.54) is 11.1 Å². The smallest absolute Gasteiger partial charge is 0.317 e. The van der Waals surface area contributed by atoms with Crippen molar-refractivity contribution < 1.29 is 15.0 Å². The largest absolute Gasteiger partial charge is 0.480 e. The van der Waals surface area contributed by atoms with Gasteiger partial charge >= 0.3 is 5.97 Å². The van der Waals surface area contributed by atoms with Crippen molar-refractivity contribution in [2.24, 2.45) is 0 Å². The Morgan fingerprint density at radius 1 is 1.53 bits per heavy atom. The highest BCUT2D eigenvalue weighted by molar-refractivity contribution is 5.69. The van der Waals surface area contributed by atoms with Crippen molar-refractivity contribution in [2.45, 2.75) is 31.9 Å². The molecule has 0 spiro atoms. The first kappa shape index (κ1) is 12.1. The van der Waals surface area contributed by atoms with E-state index in [9.17, 15) is 9.90 Å². The highest BCUT2D eigenvalue weighted by Crippen LogP contribution is 2.30. The molecule has 4 nitrogen and oxygen atoms in total. The lowest BCUT2D eigenvalue weighted by Crippen LogP contribution is -2.40. The summed E-state index contributed by atoms with van der Waals surface area (Å²) >= 11 is 0. The SMILES string of the molecule is Cc1ccc2c(c1)CCC(NCC(=O)O)C2O. The number of fused-ring (bicyclic) bond motifs is 1. The molecule has 4 heteroatoms. The maximum absolute atomic E-state index is 10.5. The molecule has 1 aromatic carbocycles. The van der Waals surface area contributed by atoms with Crippen LogP contribution < -0.4 is 5.32 Å². The van der Waals surface area contributed by atoms with Gasteiger partial charge in [-0.05, 0) is 30.9 Å². The van der Waals surface area contributed by atoms with Gasteiger partial charge < -0.3 is 15.5 Å². The van der Waals surface area contributed by atoms with Gasteiger partial charge in [0, 0.05) is 6.04 Å². The summed E-state index contributed by atoms with van der Waals surface area (Å²) < 4.78 is 0. The van der Waals surface area contributed by atoms with Gasteiger partial charge in [0.05, 0.1) is 12.6 Å². The summed E-state index contributed by atoms with van der Waals surface area (Å²) in [4.78, 5) is 10.5. The van der Waals surface area contributed by atoms with Gasteiger partial charge in [0.15, 0.2) is 0 Å². The number of aryl methyl sites for hydroxylation is 2. The van der Waals surface area contributed by atoms with E-state index in [0.717, 1.165) is 18.4 Å².